The molecule has 2 rings (SSSR count). The zero-order valence-corrected chi connectivity index (χ0v) is 10.6. The van der Waals surface area contributed by atoms with Gasteiger partial charge < -0.3 is 10.6 Å². The summed E-state index contributed by atoms with van der Waals surface area (Å²) >= 11 is 0. The van der Waals surface area contributed by atoms with Crippen LogP contribution in [0.2, 0.25) is 0 Å². The lowest BCUT2D eigenvalue weighted by atomic mass is 9.87. The second kappa shape index (κ2) is 4.40. The minimum absolute atomic E-state index is 0.188. The number of hydrogen-bond acceptors (Lipinski definition) is 2. The highest BCUT2D eigenvalue weighted by Gasteiger charge is 2.38. The zero-order valence-electron chi connectivity index (χ0n) is 10.6. The van der Waals surface area contributed by atoms with Gasteiger partial charge in [0, 0.05) is 12.5 Å². The summed E-state index contributed by atoms with van der Waals surface area (Å²) in [5, 5.41) is 0. The normalized spacial score (nSPS) is 18.0. The fourth-order valence-corrected chi connectivity index (χ4v) is 2.68. The molecule has 0 unspecified atom stereocenters. The lowest BCUT2D eigenvalue weighted by Gasteiger charge is -2.29. The first kappa shape index (κ1) is 12.0. The molecule has 0 heterocycles. The third-order valence-corrected chi connectivity index (χ3v) is 3.83. The smallest absolute Gasteiger partial charge is 0.232 e. The Balaban J connectivity index is 2.23. The molecular weight excluding hydrogens is 212 g/mol. The number of anilines is 2. The summed E-state index contributed by atoms with van der Waals surface area (Å²) in [6.07, 6.45) is 4.28. The summed E-state index contributed by atoms with van der Waals surface area (Å²) in [5.74, 6) is 0.188. The predicted octanol–water partition coefficient (Wildman–Crippen LogP) is 2.81. The number of para-hydroxylation sites is 2. The van der Waals surface area contributed by atoms with Crippen molar-refractivity contribution in [2.45, 2.75) is 32.6 Å². The van der Waals surface area contributed by atoms with Gasteiger partial charge in [0.1, 0.15) is 0 Å². The Morgan fingerprint density at radius 2 is 1.88 bits per heavy atom. The Bertz CT molecular complexity index is 422. The molecule has 92 valence electrons. The van der Waals surface area contributed by atoms with Crippen molar-refractivity contribution in [2.75, 3.05) is 17.7 Å². The van der Waals surface area contributed by atoms with E-state index in [2.05, 4.69) is 6.92 Å². The number of carbonyl (C=O) groups excluding carboxylic acids is 1. The highest BCUT2D eigenvalue weighted by molar-refractivity contribution is 5.99. The Morgan fingerprint density at radius 1 is 1.29 bits per heavy atom. The van der Waals surface area contributed by atoms with Gasteiger partial charge >= 0.3 is 0 Å². The maximum absolute atomic E-state index is 12.5. The standard InChI is InChI=1S/C14H20N2O/c1-14(9-5-6-10-14)13(17)16(2)12-8-4-3-7-11(12)15/h3-4,7-8H,5-6,9-10,15H2,1-2H3. The van der Waals surface area contributed by atoms with Gasteiger partial charge in [-0.15, -0.1) is 0 Å². The lowest BCUT2D eigenvalue weighted by Crippen LogP contribution is -2.39. The molecule has 1 aliphatic rings. The quantitative estimate of drug-likeness (QED) is 0.797. The second-order valence-corrected chi connectivity index (χ2v) is 5.19. The van der Waals surface area contributed by atoms with Crippen LogP contribution in [0, 0.1) is 5.41 Å². The van der Waals surface area contributed by atoms with Crippen molar-refractivity contribution in [3.63, 3.8) is 0 Å². The van der Waals surface area contributed by atoms with Crippen molar-refractivity contribution in [2.24, 2.45) is 5.41 Å². The van der Waals surface area contributed by atoms with E-state index >= 15 is 0 Å². The summed E-state index contributed by atoms with van der Waals surface area (Å²) in [6.45, 7) is 2.07. The fraction of sp³-hybridized carbons (Fsp3) is 0.500. The van der Waals surface area contributed by atoms with Gasteiger partial charge in [-0.05, 0) is 25.0 Å². The molecule has 0 spiro atoms. The maximum Gasteiger partial charge on any atom is 0.232 e. The highest BCUT2D eigenvalue weighted by atomic mass is 16.2. The minimum atomic E-state index is -0.197. The van der Waals surface area contributed by atoms with Crippen LogP contribution in [-0.2, 0) is 4.79 Å². The van der Waals surface area contributed by atoms with Gasteiger partial charge in [0.25, 0.3) is 0 Å². The summed E-state index contributed by atoms with van der Waals surface area (Å²) in [4.78, 5) is 14.2. The Kier molecular flexibility index (Phi) is 3.09. The second-order valence-electron chi connectivity index (χ2n) is 5.19. The van der Waals surface area contributed by atoms with Crippen LogP contribution >= 0.6 is 0 Å². The van der Waals surface area contributed by atoms with Crippen LogP contribution in [0.3, 0.4) is 0 Å². The molecule has 0 atom stereocenters. The molecule has 1 fully saturated rings. The van der Waals surface area contributed by atoms with Gasteiger partial charge in [0.2, 0.25) is 5.91 Å². The highest BCUT2D eigenvalue weighted by Crippen LogP contribution is 2.40. The fourth-order valence-electron chi connectivity index (χ4n) is 2.68. The predicted molar refractivity (Wildman–Crippen MR) is 70.8 cm³/mol. The molecule has 1 aliphatic carbocycles. The minimum Gasteiger partial charge on any atom is -0.397 e. The van der Waals surface area contributed by atoms with Crippen molar-refractivity contribution in [1.29, 1.82) is 0 Å². The van der Waals surface area contributed by atoms with Gasteiger partial charge in [-0.2, -0.15) is 0 Å². The van der Waals surface area contributed by atoms with Crippen LogP contribution in [0.5, 0.6) is 0 Å². The zero-order chi connectivity index (χ0) is 12.5. The van der Waals surface area contributed by atoms with Gasteiger partial charge in [-0.25, -0.2) is 0 Å². The molecule has 1 aromatic carbocycles. The monoisotopic (exact) mass is 232 g/mol. The first-order valence-electron chi connectivity index (χ1n) is 6.17. The van der Waals surface area contributed by atoms with E-state index in [4.69, 9.17) is 5.73 Å². The maximum atomic E-state index is 12.5. The molecule has 1 aromatic rings. The Morgan fingerprint density at radius 3 is 2.47 bits per heavy atom. The molecule has 1 amide bonds. The van der Waals surface area contributed by atoms with Crippen LogP contribution in [0.4, 0.5) is 11.4 Å². The molecule has 0 radical (unpaired) electrons. The van der Waals surface area contributed by atoms with Gasteiger partial charge in [0.15, 0.2) is 0 Å². The summed E-state index contributed by atoms with van der Waals surface area (Å²) in [7, 11) is 1.82. The molecule has 3 nitrogen and oxygen atoms in total. The number of carbonyl (C=O) groups is 1. The number of nitrogens with zero attached hydrogens (tertiary/aromatic N) is 1. The van der Waals surface area contributed by atoms with Crippen molar-refractivity contribution in [3.05, 3.63) is 24.3 Å². The summed E-state index contributed by atoms with van der Waals surface area (Å²) in [6, 6.07) is 7.52. The first-order valence-corrected chi connectivity index (χ1v) is 6.17. The number of benzene rings is 1. The van der Waals surface area contributed by atoms with Crippen LogP contribution < -0.4 is 10.6 Å². The molecular formula is C14H20N2O. The number of hydrogen-bond donors (Lipinski definition) is 1. The molecule has 0 saturated heterocycles. The van der Waals surface area contributed by atoms with Crippen molar-refractivity contribution in [3.8, 4) is 0 Å². The summed E-state index contributed by atoms with van der Waals surface area (Å²) in [5.41, 5.74) is 7.18. The number of rotatable bonds is 2. The van der Waals surface area contributed by atoms with E-state index in [0.717, 1.165) is 31.4 Å². The average Bonchev–Trinajstić information content (AvgIpc) is 2.76. The number of nitrogen functional groups attached to an aromatic ring is 1. The molecule has 2 N–H and O–H groups in total. The molecule has 17 heavy (non-hydrogen) atoms. The van der Waals surface area contributed by atoms with E-state index in [9.17, 15) is 4.79 Å². The molecule has 0 aromatic heterocycles. The Labute approximate surface area is 103 Å². The topological polar surface area (TPSA) is 46.3 Å². The van der Waals surface area contributed by atoms with E-state index in [1.807, 2.05) is 31.3 Å². The SMILES string of the molecule is CN(C(=O)C1(C)CCCC1)c1ccccc1N. The molecule has 0 bridgehead atoms. The van der Waals surface area contributed by atoms with Crippen LogP contribution in [0.1, 0.15) is 32.6 Å². The average molecular weight is 232 g/mol. The van der Waals surface area contributed by atoms with E-state index in [1.165, 1.54) is 0 Å². The largest absolute Gasteiger partial charge is 0.397 e. The lowest BCUT2D eigenvalue weighted by molar-refractivity contribution is -0.126. The van der Waals surface area contributed by atoms with E-state index < -0.39 is 0 Å². The molecule has 1 saturated carbocycles. The van der Waals surface area contributed by atoms with Crippen LogP contribution in [0.25, 0.3) is 0 Å². The Hall–Kier alpha value is -1.51. The van der Waals surface area contributed by atoms with Gasteiger partial charge in [0.05, 0.1) is 11.4 Å². The van der Waals surface area contributed by atoms with Gasteiger partial charge in [-0.1, -0.05) is 31.9 Å². The van der Waals surface area contributed by atoms with Crippen molar-refractivity contribution >= 4 is 17.3 Å². The van der Waals surface area contributed by atoms with Gasteiger partial charge in [-0.3, -0.25) is 4.79 Å². The molecule has 3 heteroatoms. The van der Waals surface area contributed by atoms with Crippen molar-refractivity contribution in [1.82, 2.24) is 0 Å². The van der Waals surface area contributed by atoms with Crippen LogP contribution in [0.15, 0.2) is 24.3 Å². The number of nitrogens with two attached hydrogens (primary N) is 1. The van der Waals surface area contributed by atoms with Crippen molar-refractivity contribution < 1.29 is 4.79 Å². The van der Waals surface area contributed by atoms with E-state index in [1.54, 1.807) is 4.90 Å². The summed E-state index contributed by atoms with van der Waals surface area (Å²) < 4.78 is 0. The number of amides is 1. The third-order valence-electron chi connectivity index (χ3n) is 3.83. The molecule has 0 aliphatic heterocycles. The van der Waals surface area contributed by atoms with Crippen LogP contribution in [-0.4, -0.2) is 13.0 Å². The van der Waals surface area contributed by atoms with E-state index in [0.29, 0.717) is 5.69 Å². The van der Waals surface area contributed by atoms with E-state index in [-0.39, 0.29) is 11.3 Å². The third kappa shape index (κ3) is 2.14. The first-order chi connectivity index (χ1) is 8.04.